The maximum atomic E-state index is 13.0. The van der Waals surface area contributed by atoms with Gasteiger partial charge in [-0.25, -0.2) is 8.42 Å². The molecule has 2 heterocycles. The molecule has 0 bridgehead atoms. The molecule has 2 aromatic rings. The molecule has 8 heteroatoms. The Morgan fingerprint density at radius 3 is 2.82 bits per heavy atom. The van der Waals surface area contributed by atoms with E-state index in [0.29, 0.717) is 29.6 Å². The van der Waals surface area contributed by atoms with E-state index in [-0.39, 0.29) is 12.4 Å². The van der Waals surface area contributed by atoms with Crippen molar-refractivity contribution < 1.29 is 8.42 Å². The Bertz CT molecular complexity index is 766. The van der Waals surface area contributed by atoms with E-state index in [1.165, 1.54) is 11.3 Å². The molecule has 0 amide bonds. The van der Waals surface area contributed by atoms with E-state index >= 15 is 0 Å². The third-order valence-electron chi connectivity index (χ3n) is 3.67. The molecule has 0 atom stereocenters. The fourth-order valence-electron chi connectivity index (χ4n) is 2.68. The van der Waals surface area contributed by atoms with E-state index in [9.17, 15) is 8.42 Å². The average Bonchev–Trinajstić information content (AvgIpc) is 2.63. The third kappa shape index (κ3) is 3.27. The summed E-state index contributed by atoms with van der Waals surface area (Å²) in [5, 5.41) is 4.53. The average molecular weight is 381 g/mol. The fourth-order valence-corrected chi connectivity index (χ4v) is 6.07. The van der Waals surface area contributed by atoms with Crippen molar-refractivity contribution in [1.29, 1.82) is 0 Å². The summed E-state index contributed by atoms with van der Waals surface area (Å²) in [6.45, 7) is 4.50. The molecule has 1 N–H and O–H groups in total. The molecule has 1 aliphatic heterocycles. The molecule has 1 fully saturated rings. The first-order valence-electron chi connectivity index (χ1n) is 6.89. The molecule has 0 unspecified atom stereocenters. The molecule has 1 aromatic carbocycles. The van der Waals surface area contributed by atoms with Crippen LogP contribution in [0.5, 0.6) is 0 Å². The minimum Gasteiger partial charge on any atom is -0.315 e. The number of hydrogen-bond donors (Lipinski definition) is 1. The SMILES string of the molecule is Cc1sc2ccc(Cl)cc2c1S(=O)(=O)N1CCCNCC1.Cl. The van der Waals surface area contributed by atoms with Crippen molar-refractivity contribution >= 4 is 55.5 Å². The maximum absolute atomic E-state index is 13.0. The highest BCUT2D eigenvalue weighted by atomic mass is 35.5. The van der Waals surface area contributed by atoms with Gasteiger partial charge in [-0.05, 0) is 38.1 Å². The van der Waals surface area contributed by atoms with E-state index < -0.39 is 10.0 Å². The zero-order valence-corrected chi connectivity index (χ0v) is 15.3. The van der Waals surface area contributed by atoms with Gasteiger partial charge >= 0.3 is 0 Å². The predicted molar refractivity (Wildman–Crippen MR) is 95.1 cm³/mol. The predicted octanol–water partition coefficient (Wildman–Crippen LogP) is 3.27. The molecule has 4 nitrogen and oxygen atoms in total. The van der Waals surface area contributed by atoms with Crippen LogP contribution in [-0.2, 0) is 10.0 Å². The Hall–Kier alpha value is -0.370. The van der Waals surface area contributed by atoms with Crippen LogP contribution < -0.4 is 5.32 Å². The standard InChI is InChI=1S/C14H17ClN2O2S2.ClH/c1-10-14(12-9-11(15)3-4-13(12)20-10)21(18,19)17-7-2-5-16-6-8-17;/h3-4,9,16H,2,5-8H2,1H3;1H. The fraction of sp³-hybridized carbons (Fsp3) is 0.429. The van der Waals surface area contributed by atoms with E-state index in [1.807, 2.05) is 13.0 Å². The topological polar surface area (TPSA) is 49.4 Å². The van der Waals surface area contributed by atoms with Crippen molar-refractivity contribution in [3.05, 3.63) is 28.1 Å². The first-order valence-corrected chi connectivity index (χ1v) is 9.53. The number of nitrogens with one attached hydrogen (secondary N) is 1. The number of rotatable bonds is 2. The molecule has 22 heavy (non-hydrogen) atoms. The van der Waals surface area contributed by atoms with E-state index in [1.54, 1.807) is 16.4 Å². The lowest BCUT2D eigenvalue weighted by molar-refractivity contribution is 0.432. The van der Waals surface area contributed by atoms with E-state index in [2.05, 4.69) is 5.32 Å². The highest BCUT2D eigenvalue weighted by Gasteiger charge is 2.29. The maximum Gasteiger partial charge on any atom is 0.244 e. The lowest BCUT2D eigenvalue weighted by Crippen LogP contribution is -2.34. The van der Waals surface area contributed by atoms with E-state index in [0.717, 1.165) is 27.9 Å². The van der Waals surface area contributed by atoms with Gasteiger partial charge in [0.1, 0.15) is 4.90 Å². The molecule has 122 valence electrons. The van der Waals surface area contributed by atoms with Crippen LogP contribution in [0.3, 0.4) is 0 Å². The smallest absolute Gasteiger partial charge is 0.244 e. The number of nitrogens with zero attached hydrogens (tertiary/aromatic N) is 1. The number of hydrogen-bond acceptors (Lipinski definition) is 4. The van der Waals surface area contributed by atoms with Crippen molar-refractivity contribution in [1.82, 2.24) is 9.62 Å². The van der Waals surface area contributed by atoms with Crippen LogP contribution in [0.4, 0.5) is 0 Å². The first kappa shape index (κ1) is 18.0. The van der Waals surface area contributed by atoms with Gasteiger partial charge in [-0.1, -0.05) is 11.6 Å². The molecular formula is C14H18Cl2N2O2S2. The second-order valence-corrected chi connectivity index (χ2v) is 8.70. The second-order valence-electron chi connectivity index (χ2n) is 5.14. The van der Waals surface area contributed by atoms with Gasteiger partial charge in [-0.2, -0.15) is 4.31 Å². The van der Waals surface area contributed by atoms with Crippen molar-refractivity contribution in [2.24, 2.45) is 0 Å². The van der Waals surface area contributed by atoms with Crippen molar-refractivity contribution in [3.8, 4) is 0 Å². The Balaban J connectivity index is 0.00000176. The van der Waals surface area contributed by atoms with Crippen LogP contribution in [0.2, 0.25) is 5.02 Å². The van der Waals surface area contributed by atoms with Gasteiger partial charge in [0, 0.05) is 39.6 Å². The Labute approximate surface area is 145 Å². The van der Waals surface area contributed by atoms with Crippen molar-refractivity contribution in [3.63, 3.8) is 0 Å². The zero-order chi connectivity index (χ0) is 15.0. The molecule has 1 aromatic heterocycles. The lowest BCUT2D eigenvalue weighted by atomic mass is 10.2. The van der Waals surface area contributed by atoms with Crippen LogP contribution in [-0.4, -0.2) is 38.9 Å². The van der Waals surface area contributed by atoms with Gasteiger partial charge in [0.05, 0.1) is 0 Å². The van der Waals surface area contributed by atoms with Gasteiger partial charge in [0.2, 0.25) is 10.0 Å². The highest BCUT2D eigenvalue weighted by molar-refractivity contribution is 7.89. The molecule has 0 saturated carbocycles. The van der Waals surface area contributed by atoms with Crippen LogP contribution >= 0.6 is 35.3 Å². The summed E-state index contributed by atoms with van der Waals surface area (Å²) in [4.78, 5) is 1.25. The van der Waals surface area contributed by atoms with Gasteiger partial charge in [-0.15, -0.1) is 23.7 Å². The Morgan fingerprint density at radius 2 is 2.05 bits per heavy atom. The number of thiophene rings is 1. The van der Waals surface area contributed by atoms with E-state index in [4.69, 9.17) is 11.6 Å². The van der Waals surface area contributed by atoms with Gasteiger partial charge in [0.15, 0.2) is 0 Å². The van der Waals surface area contributed by atoms with Gasteiger partial charge in [0.25, 0.3) is 0 Å². The summed E-state index contributed by atoms with van der Waals surface area (Å²) in [6, 6.07) is 5.44. The minimum atomic E-state index is -3.47. The number of aryl methyl sites for hydroxylation is 1. The summed E-state index contributed by atoms with van der Waals surface area (Å²) in [5.74, 6) is 0. The van der Waals surface area contributed by atoms with Crippen LogP contribution in [0.25, 0.3) is 10.1 Å². The molecular weight excluding hydrogens is 363 g/mol. The van der Waals surface area contributed by atoms with Crippen molar-refractivity contribution in [2.75, 3.05) is 26.2 Å². The molecule has 0 radical (unpaired) electrons. The summed E-state index contributed by atoms with van der Waals surface area (Å²) in [5.41, 5.74) is 0. The summed E-state index contributed by atoms with van der Waals surface area (Å²) in [6.07, 6.45) is 0.834. The third-order valence-corrected chi connectivity index (χ3v) is 7.20. The number of halogens is 2. The number of benzene rings is 1. The zero-order valence-electron chi connectivity index (χ0n) is 12.1. The molecule has 0 spiro atoms. The van der Waals surface area contributed by atoms with Crippen LogP contribution in [0, 0.1) is 6.92 Å². The monoisotopic (exact) mass is 380 g/mol. The molecule has 3 rings (SSSR count). The molecule has 0 aliphatic carbocycles. The van der Waals surface area contributed by atoms with Gasteiger partial charge in [-0.3, -0.25) is 0 Å². The quantitative estimate of drug-likeness (QED) is 0.869. The summed E-state index contributed by atoms with van der Waals surface area (Å²) < 4.78 is 28.6. The summed E-state index contributed by atoms with van der Waals surface area (Å²) >= 11 is 7.55. The summed E-state index contributed by atoms with van der Waals surface area (Å²) in [7, 11) is -3.47. The largest absolute Gasteiger partial charge is 0.315 e. The van der Waals surface area contributed by atoms with Crippen LogP contribution in [0.1, 0.15) is 11.3 Å². The number of sulfonamides is 1. The normalized spacial score (nSPS) is 17.2. The Kier molecular flexibility index (Phi) is 5.74. The first-order chi connectivity index (χ1) is 10.00. The lowest BCUT2D eigenvalue weighted by Gasteiger charge is -2.19. The Morgan fingerprint density at radius 1 is 1.27 bits per heavy atom. The van der Waals surface area contributed by atoms with Crippen LogP contribution in [0.15, 0.2) is 23.1 Å². The highest BCUT2D eigenvalue weighted by Crippen LogP contribution is 2.37. The second kappa shape index (κ2) is 7.03. The van der Waals surface area contributed by atoms with Gasteiger partial charge < -0.3 is 5.32 Å². The number of fused-ring (bicyclic) bond motifs is 1. The molecule has 1 saturated heterocycles. The minimum absolute atomic E-state index is 0. The molecule has 1 aliphatic rings. The van der Waals surface area contributed by atoms with Crippen molar-refractivity contribution in [2.45, 2.75) is 18.2 Å².